The molecular weight excluding hydrogens is 286 g/mol. The number of nitrogens with zero attached hydrogens (tertiary/aromatic N) is 5. The molecule has 0 aromatic carbocycles. The van der Waals surface area contributed by atoms with Crippen molar-refractivity contribution in [2.24, 2.45) is 0 Å². The van der Waals surface area contributed by atoms with Gasteiger partial charge in [0.15, 0.2) is 5.82 Å². The largest absolute Gasteiger partial charge is 0.300 e. The van der Waals surface area contributed by atoms with Crippen molar-refractivity contribution < 1.29 is 0 Å². The molecular formula is C18H27N5. The van der Waals surface area contributed by atoms with Gasteiger partial charge in [0.05, 0.1) is 11.9 Å². The second-order valence-electron chi connectivity index (χ2n) is 7.04. The normalized spacial score (nSPS) is 19.7. The third-order valence-corrected chi connectivity index (χ3v) is 4.67. The van der Waals surface area contributed by atoms with Crippen LogP contribution in [0.1, 0.15) is 63.9 Å². The first-order valence-corrected chi connectivity index (χ1v) is 8.66. The van der Waals surface area contributed by atoms with Crippen LogP contribution in [0.5, 0.6) is 0 Å². The first kappa shape index (κ1) is 16.1. The zero-order chi connectivity index (χ0) is 16.4. The van der Waals surface area contributed by atoms with Crippen LogP contribution in [0.4, 0.5) is 0 Å². The summed E-state index contributed by atoms with van der Waals surface area (Å²) in [4.78, 5) is 16.4. The zero-order valence-corrected chi connectivity index (χ0v) is 14.6. The smallest absolute Gasteiger partial charge is 0.156 e. The van der Waals surface area contributed by atoms with Gasteiger partial charge in [-0.1, -0.05) is 13.8 Å². The molecule has 3 heterocycles. The maximum Gasteiger partial charge on any atom is 0.156 e. The Hall–Kier alpha value is -1.75. The Morgan fingerprint density at radius 2 is 2.00 bits per heavy atom. The van der Waals surface area contributed by atoms with E-state index >= 15 is 0 Å². The van der Waals surface area contributed by atoms with E-state index in [9.17, 15) is 0 Å². The number of likely N-dealkylation sites (tertiary alicyclic amines) is 1. The van der Waals surface area contributed by atoms with E-state index in [0.717, 1.165) is 23.9 Å². The molecule has 2 aromatic rings. The second kappa shape index (κ2) is 6.79. The minimum absolute atomic E-state index is 0.363. The van der Waals surface area contributed by atoms with Crippen molar-refractivity contribution in [3.8, 4) is 5.82 Å². The average molecular weight is 313 g/mol. The minimum Gasteiger partial charge on any atom is -0.300 e. The van der Waals surface area contributed by atoms with E-state index in [0.29, 0.717) is 17.9 Å². The van der Waals surface area contributed by atoms with Gasteiger partial charge in [-0.15, -0.1) is 0 Å². The molecule has 2 aromatic heterocycles. The lowest BCUT2D eigenvalue weighted by molar-refractivity contribution is 0.166. The predicted octanol–water partition coefficient (Wildman–Crippen LogP) is 3.37. The van der Waals surface area contributed by atoms with Crippen LogP contribution in [0.15, 0.2) is 24.8 Å². The van der Waals surface area contributed by atoms with Crippen molar-refractivity contribution in [2.75, 3.05) is 13.1 Å². The van der Waals surface area contributed by atoms with Crippen molar-refractivity contribution in [2.45, 2.75) is 58.4 Å². The molecule has 1 atom stereocenters. The SMILES string of the molecule is CC(C)c1nccn1-c1cncc([C@@H]2CCCN(C(C)C)C2)n1. The van der Waals surface area contributed by atoms with Crippen LogP contribution in [-0.4, -0.2) is 43.6 Å². The van der Waals surface area contributed by atoms with Gasteiger partial charge in [-0.3, -0.25) is 9.55 Å². The van der Waals surface area contributed by atoms with Crippen LogP contribution < -0.4 is 0 Å². The fraction of sp³-hybridized carbons (Fsp3) is 0.611. The molecule has 23 heavy (non-hydrogen) atoms. The highest BCUT2D eigenvalue weighted by Gasteiger charge is 2.24. The van der Waals surface area contributed by atoms with E-state index in [2.05, 4.69) is 47.1 Å². The number of aromatic nitrogens is 4. The second-order valence-corrected chi connectivity index (χ2v) is 7.04. The highest BCUT2D eigenvalue weighted by Crippen LogP contribution is 2.27. The number of piperidine rings is 1. The van der Waals surface area contributed by atoms with Gasteiger partial charge in [-0.25, -0.2) is 9.97 Å². The number of hydrogen-bond acceptors (Lipinski definition) is 4. The molecule has 5 heteroatoms. The van der Waals surface area contributed by atoms with Gasteiger partial charge in [-0.2, -0.15) is 0 Å². The monoisotopic (exact) mass is 313 g/mol. The molecule has 0 N–H and O–H groups in total. The van der Waals surface area contributed by atoms with Gasteiger partial charge in [0.2, 0.25) is 0 Å². The van der Waals surface area contributed by atoms with Gasteiger partial charge in [0.1, 0.15) is 5.82 Å². The summed E-state index contributed by atoms with van der Waals surface area (Å²) in [5.41, 5.74) is 1.11. The molecule has 1 aliphatic heterocycles. The molecule has 1 aliphatic rings. The van der Waals surface area contributed by atoms with E-state index in [1.165, 1.54) is 19.4 Å². The number of imidazole rings is 1. The van der Waals surface area contributed by atoms with Crippen LogP contribution in [0.3, 0.4) is 0 Å². The summed E-state index contributed by atoms with van der Waals surface area (Å²) in [6.07, 6.45) is 10.0. The molecule has 0 aliphatic carbocycles. The molecule has 5 nitrogen and oxygen atoms in total. The number of hydrogen-bond donors (Lipinski definition) is 0. The maximum absolute atomic E-state index is 4.91. The molecule has 0 amide bonds. The molecule has 0 radical (unpaired) electrons. The van der Waals surface area contributed by atoms with E-state index in [1.54, 1.807) is 0 Å². The van der Waals surface area contributed by atoms with E-state index in [-0.39, 0.29) is 0 Å². The van der Waals surface area contributed by atoms with Gasteiger partial charge >= 0.3 is 0 Å². The third-order valence-electron chi connectivity index (χ3n) is 4.67. The fourth-order valence-corrected chi connectivity index (χ4v) is 3.34. The standard InChI is InChI=1S/C18H27N5/c1-13(2)18-20-7-9-23(18)17-11-19-10-16(21-17)15-6-5-8-22(12-15)14(3)4/h7,9-11,13-15H,5-6,8,12H2,1-4H3/t15-/m1/s1. The molecule has 0 spiro atoms. The average Bonchev–Trinajstić information content (AvgIpc) is 3.05. The lowest BCUT2D eigenvalue weighted by Gasteiger charge is -2.35. The third kappa shape index (κ3) is 3.44. The van der Waals surface area contributed by atoms with Crippen molar-refractivity contribution >= 4 is 0 Å². The first-order valence-electron chi connectivity index (χ1n) is 8.66. The van der Waals surface area contributed by atoms with Gasteiger partial charge < -0.3 is 4.90 Å². The van der Waals surface area contributed by atoms with Gasteiger partial charge in [-0.05, 0) is 33.2 Å². The lowest BCUT2D eigenvalue weighted by atomic mass is 9.94. The molecule has 1 fully saturated rings. The molecule has 0 unspecified atom stereocenters. The van der Waals surface area contributed by atoms with E-state index < -0.39 is 0 Å². The van der Waals surface area contributed by atoms with E-state index in [1.807, 2.05) is 24.8 Å². The highest BCUT2D eigenvalue weighted by molar-refractivity contribution is 5.25. The summed E-state index contributed by atoms with van der Waals surface area (Å²) >= 11 is 0. The number of rotatable bonds is 4. The van der Waals surface area contributed by atoms with Gasteiger partial charge in [0, 0.05) is 43.0 Å². The Balaban J connectivity index is 1.86. The summed E-state index contributed by atoms with van der Waals surface area (Å²) in [6, 6.07) is 0.593. The Morgan fingerprint density at radius 1 is 1.17 bits per heavy atom. The highest BCUT2D eigenvalue weighted by atomic mass is 15.2. The molecule has 0 saturated carbocycles. The molecule has 3 rings (SSSR count). The Bertz CT molecular complexity index is 646. The fourth-order valence-electron chi connectivity index (χ4n) is 3.34. The first-order chi connectivity index (χ1) is 11.1. The maximum atomic E-state index is 4.91. The van der Waals surface area contributed by atoms with Crippen molar-refractivity contribution in [1.29, 1.82) is 0 Å². The zero-order valence-electron chi connectivity index (χ0n) is 14.6. The van der Waals surface area contributed by atoms with E-state index in [4.69, 9.17) is 4.98 Å². The molecule has 0 bridgehead atoms. The quantitative estimate of drug-likeness (QED) is 0.868. The Kier molecular flexibility index (Phi) is 4.76. The summed E-state index contributed by atoms with van der Waals surface area (Å²) in [7, 11) is 0. The minimum atomic E-state index is 0.363. The van der Waals surface area contributed by atoms with Gasteiger partial charge in [0.25, 0.3) is 0 Å². The lowest BCUT2D eigenvalue weighted by Crippen LogP contribution is -2.39. The van der Waals surface area contributed by atoms with Crippen molar-refractivity contribution in [1.82, 2.24) is 24.4 Å². The summed E-state index contributed by atoms with van der Waals surface area (Å²) in [5.74, 6) is 2.75. The van der Waals surface area contributed by atoms with Crippen molar-refractivity contribution in [3.63, 3.8) is 0 Å². The Morgan fingerprint density at radius 3 is 2.74 bits per heavy atom. The van der Waals surface area contributed by atoms with Crippen LogP contribution in [0.25, 0.3) is 5.82 Å². The Labute approximate surface area is 138 Å². The topological polar surface area (TPSA) is 46.8 Å². The van der Waals surface area contributed by atoms with Crippen LogP contribution >= 0.6 is 0 Å². The van der Waals surface area contributed by atoms with Crippen LogP contribution in [0, 0.1) is 0 Å². The predicted molar refractivity (Wildman–Crippen MR) is 91.9 cm³/mol. The molecule has 1 saturated heterocycles. The van der Waals surface area contributed by atoms with Crippen LogP contribution in [0.2, 0.25) is 0 Å². The summed E-state index contributed by atoms with van der Waals surface area (Å²) in [6.45, 7) is 11.1. The summed E-state index contributed by atoms with van der Waals surface area (Å²) < 4.78 is 2.06. The van der Waals surface area contributed by atoms with Crippen LogP contribution in [-0.2, 0) is 0 Å². The van der Waals surface area contributed by atoms with Crippen molar-refractivity contribution in [3.05, 3.63) is 36.3 Å². The summed E-state index contributed by atoms with van der Waals surface area (Å²) in [5, 5.41) is 0. The molecule has 124 valence electrons.